The lowest BCUT2D eigenvalue weighted by Crippen LogP contribution is -2.09. The Kier molecular flexibility index (Phi) is 4.08. The number of aromatic nitrogens is 1. The number of carbonyl (C=O) groups is 1. The molecular formula is C15H11FN2OS2. The lowest BCUT2D eigenvalue weighted by molar-refractivity contribution is 0.103. The first-order chi connectivity index (χ1) is 10.2. The van der Waals surface area contributed by atoms with Crippen molar-refractivity contribution in [3.63, 3.8) is 0 Å². The van der Waals surface area contributed by atoms with E-state index in [9.17, 15) is 9.18 Å². The number of carbonyl (C=O) groups excluding carboxylic acids is 1. The topological polar surface area (TPSA) is 42.0 Å². The third kappa shape index (κ3) is 3.34. The molecule has 6 heteroatoms. The third-order valence-electron chi connectivity index (χ3n) is 2.84. The van der Waals surface area contributed by atoms with Gasteiger partial charge in [0.2, 0.25) is 0 Å². The van der Waals surface area contributed by atoms with Gasteiger partial charge in [0.25, 0.3) is 5.91 Å². The van der Waals surface area contributed by atoms with E-state index in [0.29, 0.717) is 22.0 Å². The van der Waals surface area contributed by atoms with Gasteiger partial charge in [-0.15, -0.1) is 22.7 Å². The molecule has 3 rings (SSSR count). The summed E-state index contributed by atoms with van der Waals surface area (Å²) in [5.74, 6) is -0.396. The van der Waals surface area contributed by atoms with Gasteiger partial charge >= 0.3 is 0 Å². The molecule has 106 valence electrons. The highest BCUT2D eigenvalue weighted by Gasteiger charge is 2.11. The summed E-state index contributed by atoms with van der Waals surface area (Å²) in [5, 5.41) is 5.13. The minimum atomic E-state index is -0.227. The van der Waals surface area contributed by atoms with Crippen LogP contribution >= 0.6 is 22.7 Å². The average Bonchev–Trinajstić information content (AvgIpc) is 3.13. The second kappa shape index (κ2) is 6.15. The largest absolute Gasteiger partial charge is 0.297 e. The van der Waals surface area contributed by atoms with Crippen LogP contribution in [0.5, 0.6) is 0 Å². The van der Waals surface area contributed by atoms with Crippen LogP contribution in [0.1, 0.15) is 20.1 Å². The maximum atomic E-state index is 13.6. The summed E-state index contributed by atoms with van der Waals surface area (Å²) in [5.41, 5.74) is 0.622. The Morgan fingerprint density at radius 1 is 1.24 bits per heavy atom. The molecule has 0 radical (unpaired) electrons. The molecule has 0 aliphatic carbocycles. The maximum absolute atomic E-state index is 13.6. The highest BCUT2D eigenvalue weighted by atomic mass is 32.1. The first kappa shape index (κ1) is 13.9. The van der Waals surface area contributed by atoms with Gasteiger partial charge < -0.3 is 0 Å². The molecule has 0 aliphatic heterocycles. The average molecular weight is 318 g/mol. The van der Waals surface area contributed by atoms with Crippen LogP contribution in [-0.4, -0.2) is 10.9 Å². The van der Waals surface area contributed by atoms with Gasteiger partial charge in [0.15, 0.2) is 5.13 Å². The molecule has 0 fully saturated rings. The number of rotatable bonds is 4. The number of amides is 1. The first-order valence-corrected chi connectivity index (χ1v) is 7.95. The molecule has 1 N–H and O–H groups in total. The summed E-state index contributed by atoms with van der Waals surface area (Å²) in [6.45, 7) is 0. The number of hydrogen-bond acceptors (Lipinski definition) is 4. The number of nitrogens with one attached hydrogen (secondary N) is 1. The molecule has 0 spiro atoms. The molecule has 3 nitrogen and oxygen atoms in total. The van der Waals surface area contributed by atoms with Crippen molar-refractivity contribution >= 4 is 33.7 Å². The van der Waals surface area contributed by atoms with Crippen molar-refractivity contribution in [3.8, 4) is 0 Å². The van der Waals surface area contributed by atoms with E-state index in [-0.39, 0.29) is 11.7 Å². The van der Waals surface area contributed by atoms with Crippen LogP contribution in [0.2, 0.25) is 0 Å². The molecule has 21 heavy (non-hydrogen) atoms. The zero-order valence-corrected chi connectivity index (χ0v) is 12.5. The van der Waals surface area contributed by atoms with Crippen molar-refractivity contribution in [2.24, 2.45) is 0 Å². The molecule has 1 amide bonds. The van der Waals surface area contributed by atoms with Crippen LogP contribution < -0.4 is 5.32 Å². The molecule has 2 aromatic heterocycles. The van der Waals surface area contributed by atoms with Crippen molar-refractivity contribution in [1.29, 1.82) is 0 Å². The standard InChI is InChI=1S/C15H11FN2OS2/c16-12-5-2-1-4-10(12)8-11-9-17-15(21-11)18-14(19)13-6-3-7-20-13/h1-7,9H,8H2,(H,17,18,19). The fourth-order valence-corrected chi connectivity index (χ4v) is 3.29. The van der Waals surface area contributed by atoms with E-state index < -0.39 is 0 Å². The SMILES string of the molecule is O=C(Nc1ncc(Cc2ccccc2F)s1)c1cccs1. The molecule has 3 aromatic rings. The third-order valence-corrected chi connectivity index (χ3v) is 4.62. The molecule has 0 saturated heterocycles. The minimum absolute atomic E-state index is 0.170. The van der Waals surface area contributed by atoms with Crippen molar-refractivity contribution in [2.45, 2.75) is 6.42 Å². The molecule has 0 unspecified atom stereocenters. The summed E-state index contributed by atoms with van der Waals surface area (Å²) < 4.78 is 13.6. The molecule has 2 heterocycles. The Hall–Kier alpha value is -2.05. The van der Waals surface area contributed by atoms with Gasteiger partial charge in [-0.1, -0.05) is 24.3 Å². The van der Waals surface area contributed by atoms with Gasteiger partial charge in [-0.25, -0.2) is 9.37 Å². The normalized spacial score (nSPS) is 10.5. The van der Waals surface area contributed by atoms with E-state index in [1.54, 1.807) is 30.5 Å². The van der Waals surface area contributed by atoms with Crippen molar-refractivity contribution in [2.75, 3.05) is 5.32 Å². The first-order valence-electron chi connectivity index (χ1n) is 6.25. The number of thiophene rings is 1. The Morgan fingerprint density at radius 3 is 2.86 bits per heavy atom. The molecule has 1 aromatic carbocycles. The van der Waals surface area contributed by atoms with Gasteiger partial charge in [0.05, 0.1) is 4.88 Å². The van der Waals surface area contributed by atoms with Gasteiger partial charge in [-0.2, -0.15) is 0 Å². The number of nitrogens with zero attached hydrogens (tertiary/aromatic N) is 1. The van der Waals surface area contributed by atoms with Gasteiger partial charge in [0.1, 0.15) is 5.82 Å². The molecule has 0 atom stereocenters. The summed E-state index contributed by atoms with van der Waals surface area (Å²) in [6.07, 6.45) is 2.14. The predicted molar refractivity (Wildman–Crippen MR) is 83.6 cm³/mol. The number of halogens is 1. The van der Waals surface area contributed by atoms with Gasteiger partial charge in [0, 0.05) is 17.5 Å². The summed E-state index contributed by atoms with van der Waals surface area (Å²) in [6, 6.07) is 10.2. The second-order valence-corrected chi connectivity index (χ2v) is 6.39. The van der Waals surface area contributed by atoms with E-state index >= 15 is 0 Å². The second-order valence-electron chi connectivity index (χ2n) is 4.33. The predicted octanol–water partition coefficient (Wildman–Crippen LogP) is 4.19. The van der Waals surface area contributed by atoms with E-state index in [4.69, 9.17) is 0 Å². The number of benzene rings is 1. The monoisotopic (exact) mass is 318 g/mol. The highest BCUT2D eigenvalue weighted by Crippen LogP contribution is 2.23. The van der Waals surface area contributed by atoms with E-state index in [1.807, 2.05) is 11.4 Å². The van der Waals surface area contributed by atoms with E-state index in [1.165, 1.54) is 28.7 Å². The van der Waals surface area contributed by atoms with Gasteiger partial charge in [-0.05, 0) is 23.1 Å². The van der Waals surface area contributed by atoms with Crippen molar-refractivity contribution < 1.29 is 9.18 Å². The Morgan fingerprint density at radius 2 is 2.10 bits per heavy atom. The maximum Gasteiger partial charge on any atom is 0.267 e. The Balaban J connectivity index is 1.69. The fraction of sp³-hybridized carbons (Fsp3) is 0.0667. The van der Waals surface area contributed by atoms with Crippen LogP contribution in [0, 0.1) is 5.82 Å². The van der Waals surface area contributed by atoms with E-state index in [0.717, 1.165) is 4.88 Å². The summed E-state index contributed by atoms with van der Waals surface area (Å²) >= 11 is 2.73. The van der Waals surface area contributed by atoms with Crippen molar-refractivity contribution in [1.82, 2.24) is 4.98 Å². The van der Waals surface area contributed by atoms with Crippen LogP contribution in [0.3, 0.4) is 0 Å². The lowest BCUT2D eigenvalue weighted by Gasteiger charge is -2.00. The zero-order valence-electron chi connectivity index (χ0n) is 10.9. The van der Waals surface area contributed by atoms with Crippen molar-refractivity contribution in [3.05, 3.63) is 69.1 Å². The lowest BCUT2D eigenvalue weighted by atomic mass is 10.1. The molecule has 0 aliphatic rings. The van der Waals surface area contributed by atoms with Crippen LogP contribution in [0.15, 0.2) is 48.0 Å². The Bertz CT molecular complexity index is 753. The number of anilines is 1. The van der Waals surface area contributed by atoms with E-state index in [2.05, 4.69) is 10.3 Å². The quantitative estimate of drug-likeness (QED) is 0.784. The summed E-state index contributed by atoms with van der Waals surface area (Å²) in [4.78, 5) is 17.6. The highest BCUT2D eigenvalue weighted by molar-refractivity contribution is 7.16. The number of thiazole rings is 1. The smallest absolute Gasteiger partial charge is 0.267 e. The molecular weight excluding hydrogens is 307 g/mol. The van der Waals surface area contributed by atoms with Crippen LogP contribution in [0.4, 0.5) is 9.52 Å². The molecule has 0 saturated carbocycles. The molecule has 0 bridgehead atoms. The zero-order chi connectivity index (χ0) is 14.7. The Labute approximate surface area is 129 Å². The van der Waals surface area contributed by atoms with Crippen LogP contribution in [-0.2, 0) is 6.42 Å². The van der Waals surface area contributed by atoms with Crippen LogP contribution in [0.25, 0.3) is 0 Å². The fourth-order valence-electron chi connectivity index (χ4n) is 1.84. The summed E-state index contributed by atoms with van der Waals surface area (Å²) in [7, 11) is 0. The minimum Gasteiger partial charge on any atom is -0.297 e. The van der Waals surface area contributed by atoms with Gasteiger partial charge in [-0.3, -0.25) is 10.1 Å². The number of hydrogen-bond donors (Lipinski definition) is 1.